The largest absolute Gasteiger partial charge is 0.326 e. The maximum Gasteiger partial charge on any atom is 0.257 e. The number of rotatable bonds is 3. The van der Waals surface area contributed by atoms with Crippen LogP contribution in [0, 0.1) is 5.82 Å². The van der Waals surface area contributed by atoms with Crippen LogP contribution in [0.15, 0.2) is 42.5 Å². The summed E-state index contributed by atoms with van der Waals surface area (Å²) >= 11 is 6.45. The molecule has 0 saturated carbocycles. The molecule has 0 aliphatic rings. The number of carbonyl (C=O) groups excluding carboxylic acids is 2. The Balaban J connectivity index is 1.67. The van der Waals surface area contributed by atoms with E-state index in [1.807, 2.05) is 0 Å². The van der Waals surface area contributed by atoms with Gasteiger partial charge in [-0.3, -0.25) is 14.9 Å². The van der Waals surface area contributed by atoms with Gasteiger partial charge in [0.05, 0.1) is 10.2 Å². The van der Waals surface area contributed by atoms with E-state index in [2.05, 4.69) is 20.9 Å². The minimum Gasteiger partial charge on any atom is -0.326 e. The molecule has 0 fully saturated rings. The molecule has 132 valence electrons. The molecule has 3 rings (SSSR count). The van der Waals surface area contributed by atoms with E-state index in [0.717, 1.165) is 10.2 Å². The maximum atomic E-state index is 12.9. The first-order valence-corrected chi connectivity index (χ1v) is 8.69. The summed E-state index contributed by atoms with van der Waals surface area (Å²) in [6.07, 6.45) is 0. The number of thiazole rings is 1. The summed E-state index contributed by atoms with van der Waals surface area (Å²) in [5, 5.41) is 8.66. The van der Waals surface area contributed by atoms with Gasteiger partial charge in [0.2, 0.25) is 5.91 Å². The van der Waals surface area contributed by atoms with Crippen LogP contribution >= 0.6 is 23.6 Å². The highest BCUT2D eigenvalue weighted by atomic mass is 32.1. The van der Waals surface area contributed by atoms with E-state index in [9.17, 15) is 14.0 Å². The van der Waals surface area contributed by atoms with Crippen LogP contribution in [0.5, 0.6) is 0 Å². The van der Waals surface area contributed by atoms with Crippen molar-refractivity contribution in [2.75, 3.05) is 10.6 Å². The third kappa shape index (κ3) is 4.38. The number of thiocarbonyl (C=S) groups is 1. The number of amides is 2. The van der Waals surface area contributed by atoms with Crippen LogP contribution in [0.4, 0.5) is 15.2 Å². The van der Waals surface area contributed by atoms with E-state index in [1.54, 1.807) is 18.2 Å². The summed E-state index contributed by atoms with van der Waals surface area (Å²) in [4.78, 5) is 27.6. The maximum absolute atomic E-state index is 12.9. The second kappa shape index (κ2) is 7.54. The molecular weight excluding hydrogens is 375 g/mol. The number of halogens is 1. The first-order chi connectivity index (χ1) is 12.4. The number of hydrogen-bond donors (Lipinski definition) is 3. The van der Waals surface area contributed by atoms with E-state index in [0.29, 0.717) is 16.4 Å². The van der Waals surface area contributed by atoms with Crippen molar-refractivity contribution in [3.8, 4) is 0 Å². The van der Waals surface area contributed by atoms with E-state index >= 15 is 0 Å². The Bertz CT molecular complexity index is 1000. The molecule has 0 aliphatic carbocycles. The molecule has 6 nitrogen and oxygen atoms in total. The Kier molecular flexibility index (Phi) is 5.19. The van der Waals surface area contributed by atoms with Crippen molar-refractivity contribution >= 4 is 61.5 Å². The van der Waals surface area contributed by atoms with Gasteiger partial charge in [0.25, 0.3) is 5.91 Å². The van der Waals surface area contributed by atoms with Gasteiger partial charge in [0, 0.05) is 18.2 Å². The summed E-state index contributed by atoms with van der Waals surface area (Å²) < 4.78 is 13.8. The van der Waals surface area contributed by atoms with Crippen molar-refractivity contribution in [1.82, 2.24) is 10.3 Å². The summed E-state index contributed by atoms with van der Waals surface area (Å²) in [6, 6.07) is 10.5. The smallest absolute Gasteiger partial charge is 0.257 e. The van der Waals surface area contributed by atoms with Gasteiger partial charge in [0.1, 0.15) is 5.82 Å². The van der Waals surface area contributed by atoms with E-state index in [-0.39, 0.29) is 11.0 Å². The Labute approximate surface area is 157 Å². The normalized spacial score (nSPS) is 10.4. The fraction of sp³-hybridized carbons (Fsp3) is 0.0588. The van der Waals surface area contributed by atoms with Gasteiger partial charge < -0.3 is 10.6 Å². The number of nitrogens with one attached hydrogen (secondary N) is 3. The molecular formula is C17H13FN4O2S2. The Morgan fingerprint density at radius 2 is 1.85 bits per heavy atom. The van der Waals surface area contributed by atoms with Crippen LogP contribution in [0.2, 0.25) is 0 Å². The lowest BCUT2D eigenvalue weighted by Gasteiger charge is -2.06. The molecule has 2 aromatic carbocycles. The Hall–Kier alpha value is -2.91. The summed E-state index contributed by atoms with van der Waals surface area (Å²) in [7, 11) is 0. The molecule has 0 radical (unpaired) electrons. The molecule has 0 spiro atoms. The first-order valence-electron chi connectivity index (χ1n) is 7.47. The van der Waals surface area contributed by atoms with Gasteiger partial charge in [0.15, 0.2) is 10.2 Å². The fourth-order valence-corrected chi connectivity index (χ4v) is 3.33. The number of hydrogen-bond acceptors (Lipinski definition) is 5. The average Bonchev–Trinajstić information content (AvgIpc) is 2.96. The third-order valence-electron chi connectivity index (χ3n) is 3.26. The van der Waals surface area contributed by atoms with Gasteiger partial charge in [-0.15, -0.1) is 0 Å². The monoisotopic (exact) mass is 388 g/mol. The molecule has 1 aromatic heterocycles. The molecule has 0 saturated heterocycles. The van der Waals surface area contributed by atoms with Crippen molar-refractivity contribution in [3.05, 3.63) is 53.8 Å². The lowest BCUT2D eigenvalue weighted by Crippen LogP contribution is -2.34. The molecule has 0 atom stereocenters. The predicted molar refractivity (Wildman–Crippen MR) is 104 cm³/mol. The molecule has 2 amide bonds. The highest BCUT2D eigenvalue weighted by molar-refractivity contribution is 7.80. The fourth-order valence-electron chi connectivity index (χ4n) is 2.16. The quantitative estimate of drug-likeness (QED) is 0.598. The zero-order chi connectivity index (χ0) is 18.7. The van der Waals surface area contributed by atoms with E-state index in [4.69, 9.17) is 12.2 Å². The van der Waals surface area contributed by atoms with Crippen LogP contribution in [-0.4, -0.2) is 21.9 Å². The van der Waals surface area contributed by atoms with Crippen molar-refractivity contribution in [2.45, 2.75) is 6.92 Å². The highest BCUT2D eigenvalue weighted by Gasteiger charge is 2.11. The molecule has 0 unspecified atom stereocenters. The number of aromatic nitrogens is 1. The van der Waals surface area contributed by atoms with Crippen molar-refractivity contribution in [3.63, 3.8) is 0 Å². The Morgan fingerprint density at radius 3 is 2.54 bits per heavy atom. The Morgan fingerprint density at radius 1 is 1.12 bits per heavy atom. The summed E-state index contributed by atoms with van der Waals surface area (Å²) in [5.41, 5.74) is 1.70. The molecule has 1 heterocycles. The number of nitrogens with zero attached hydrogens (tertiary/aromatic N) is 1. The second-order valence-electron chi connectivity index (χ2n) is 5.30. The molecule has 26 heavy (non-hydrogen) atoms. The van der Waals surface area contributed by atoms with E-state index < -0.39 is 11.7 Å². The van der Waals surface area contributed by atoms with E-state index in [1.165, 1.54) is 42.5 Å². The average molecular weight is 388 g/mol. The lowest BCUT2D eigenvalue weighted by atomic mass is 10.2. The molecule has 9 heteroatoms. The van der Waals surface area contributed by atoms with Crippen LogP contribution in [-0.2, 0) is 4.79 Å². The predicted octanol–water partition coefficient (Wildman–Crippen LogP) is 3.52. The van der Waals surface area contributed by atoms with Gasteiger partial charge >= 0.3 is 0 Å². The molecule has 0 bridgehead atoms. The van der Waals surface area contributed by atoms with Gasteiger partial charge in [-0.2, -0.15) is 0 Å². The van der Waals surface area contributed by atoms with Crippen LogP contribution in [0.3, 0.4) is 0 Å². The highest BCUT2D eigenvalue weighted by Crippen LogP contribution is 2.28. The lowest BCUT2D eigenvalue weighted by molar-refractivity contribution is -0.114. The summed E-state index contributed by atoms with van der Waals surface area (Å²) in [6.45, 7) is 1.44. The van der Waals surface area contributed by atoms with Gasteiger partial charge in [-0.1, -0.05) is 11.3 Å². The third-order valence-corrected chi connectivity index (χ3v) is 4.40. The zero-order valence-electron chi connectivity index (χ0n) is 13.5. The van der Waals surface area contributed by atoms with Gasteiger partial charge in [-0.25, -0.2) is 9.37 Å². The minimum absolute atomic E-state index is 0.0838. The number of carbonyl (C=O) groups is 2. The number of benzene rings is 2. The van der Waals surface area contributed by atoms with Crippen molar-refractivity contribution in [1.29, 1.82) is 0 Å². The van der Waals surface area contributed by atoms with Gasteiger partial charge in [-0.05, 0) is 54.7 Å². The second-order valence-corrected chi connectivity index (χ2v) is 6.74. The molecule has 3 N–H and O–H groups in total. The molecule has 3 aromatic rings. The standard InChI is InChI=1S/C17H13FN4O2S2/c1-9(23)19-12-6-7-13-14(8-12)26-17(20-13)22-16(25)21-15(24)10-2-4-11(18)5-3-10/h2-8H,1H3,(H,19,23)(H2,20,21,22,24,25). The van der Waals surface area contributed by atoms with Crippen LogP contribution < -0.4 is 16.0 Å². The van der Waals surface area contributed by atoms with Crippen molar-refractivity contribution < 1.29 is 14.0 Å². The first kappa shape index (κ1) is 17.9. The van der Waals surface area contributed by atoms with Crippen LogP contribution in [0.25, 0.3) is 10.2 Å². The SMILES string of the molecule is CC(=O)Nc1ccc2nc(NC(=S)NC(=O)c3ccc(F)cc3)sc2c1. The number of fused-ring (bicyclic) bond motifs is 1. The topological polar surface area (TPSA) is 83.1 Å². The van der Waals surface area contributed by atoms with Crippen LogP contribution in [0.1, 0.15) is 17.3 Å². The minimum atomic E-state index is -0.448. The van der Waals surface area contributed by atoms with Crippen molar-refractivity contribution in [2.24, 2.45) is 0 Å². The summed E-state index contributed by atoms with van der Waals surface area (Å²) in [5.74, 6) is -1.02. The number of anilines is 2. The molecule has 0 aliphatic heterocycles. The zero-order valence-corrected chi connectivity index (χ0v) is 15.1.